The molecule has 2 aliphatic rings. The van der Waals surface area contributed by atoms with Gasteiger partial charge < -0.3 is 15.4 Å². The smallest absolute Gasteiger partial charge is 0.191 e. The topological polar surface area (TPSA) is 48.9 Å². The number of ether oxygens (including phenoxy) is 1. The Morgan fingerprint density at radius 3 is 2.73 bits per heavy atom. The third kappa shape index (κ3) is 5.45. The number of hydrogen-bond acceptors (Lipinski definition) is 3. The molecule has 2 unspecified atom stereocenters. The Balaban J connectivity index is 1.53. The molecule has 0 aliphatic carbocycles. The lowest BCUT2D eigenvalue weighted by Crippen LogP contribution is -2.41. The molecule has 2 saturated heterocycles. The van der Waals surface area contributed by atoms with Gasteiger partial charge in [0.2, 0.25) is 0 Å². The molecule has 3 rings (SSSR count). The summed E-state index contributed by atoms with van der Waals surface area (Å²) in [6, 6.07) is 9.46. The summed E-state index contributed by atoms with van der Waals surface area (Å²) in [5.41, 5.74) is 2.77. The van der Waals surface area contributed by atoms with E-state index in [1.165, 1.54) is 43.4 Å². The van der Waals surface area contributed by atoms with E-state index in [0.717, 1.165) is 38.6 Å². The lowest BCUT2D eigenvalue weighted by atomic mass is 10.0. The van der Waals surface area contributed by atoms with E-state index < -0.39 is 0 Å². The van der Waals surface area contributed by atoms with Gasteiger partial charge in [0.25, 0.3) is 0 Å². The number of aliphatic imine (C=N–C) groups is 1. The first kappa shape index (κ1) is 19.2. The fraction of sp³-hybridized carbons (Fsp3) is 0.667. The minimum Gasteiger partial charge on any atom is -0.376 e. The van der Waals surface area contributed by atoms with Gasteiger partial charge in [-0.2, -0.15) is 0 Å². The average Bonchev–Trinajstić information content (AvgIpc) is 3.18. The molecule has 0 bridgehead atoms. The van der Waals surface area contributed by atoms with Gasteiger partial charge in [-0.25, -0.2) is 0 Å². The van der Waals surface area contributed by atoms with Gasteiger partial charge in [-0.3, -0.25) is 9.89 Å². The van der Waals surface area contributed by atoms with Crippen LogP contribution in [0.4, 0.5) is 0 Å². The van der Waals surface area contributed by atoms with Crippen molar-refractivity contribution in [2.75, 3.05) is 26.7 Å². The van der Waals surface area contributed by atoms with E-state index in [1.54, 1.807) is 0 Å². The number of piperidine rings is 1. The number of likely N-dealkylation sites (tertiary alicyclic amines) is 1. The maximum atomic E-state index is 5.67. The van der Waals surface area contributed by atoms with Gasteiger partial charge in [-0.15, -0.1) is 0 Å². The summed E-state index contributed by atoms with van der Waals surface area (Å²) >= 11 is 0. The number of rotatable bonds is 6. The molecule has 2 atom stereocenters. The maximum absolute atomic E-state index is 5.67. The minimum absolute atomic E-state index is 0.321. The third-order valence-corrected chi connectivity index (χ3v) is 5.62. The molecule has 2 heterocycles. The first-order chi connectivity index (χ1) is 12.8. The van der Waals surface area contributed by atoms with Crippen molar-refractivity contribution in [3.8, 4) is 0 Å². The largest absolute Gasteiger partial charge is 0.376 e. The lowest BCUT2D eigenvalue weighted by molar-refractivity contribution is 0.114. The van der Waals surface area contributed by atoms with E-state index in [1.807, 2.05) is 7.05 Å². The Hall–Kier alpha value is -1.59. The number of nitrogens with zero attached hydrogens (tertiary/aromatic N) is 2. The zero-order valence-corrected chi connectivity index (χ0v) is 16.3. The molecule has 2 aliphatic heterocycles. The van der Waals surface area contributed by atoms with Crippen molar-refractivity contribution in [2.24, 2.45) is 4.99 Å². The van der Waals surface area contributed by atoms with Crippen molar-refractivity contribution in [1.29, 1.82) is 0 Å². The van der Waals surface area contributed by atoms with Crippen LogP contribution in [0.15, 0.2) is 29.3 Å². The zero-order valence-electron chi connectivity index (χ0n) is 16.3. The van der Waals surface area contributed by atoms with Crippen molar-refractivity contribution in [1.82, 2.24) is 15.5 Å². The molecular formula is C21H34N4O. The zero-order chi connectivity index (χ0) is 18.2. The fourth-order valence-electron chi connectivity index (χ4n) is 3.91. The highest BCUT2D eigenvalue weighted by Gasteiger charge is 2.19. The Morgan fingerprint density at radius 1 is 1.15 bits per heavy atom. The minimum atomic E-state index is 0.321. The monoisotopic (exact) mass is 358 g/mol. The van der Waals surface area contributed by atoms with Crippen LogP contribution in [0.1, 0.15) is 50.2 Å². The van der Waals surface area contributed by atoms with Crippen LogP contribution in [0, 0.1) is 0 Å². The van der Waals surface area contributed by atoms with Crippen LogP contribution in [-0.4, -0.2) is 49.7 Å². The summed E-state index contributed by atoms with van der Waals surface area (Å²) in [5, 5.41) is 6.86. The van der Waals surface area contributed by atoms with Crippen LogP contribution in [-0.2, 0) is 17.8 Å². The molecule has 26 heavy (non-hydrogen) atoms. The van der Waals surface area contributed by atoms with E-state index in [4.69, 9.17) is 4.74 Å². The van der Waals surface area contributed by atoms with Crippen LogP contribution in [0.25, 0.3) is 0 Å². The second-order valence-electron chi connectivity index (χ2n) is 7.53. The second kappa shape index (κ2) is 9.93. The highest BCUT2D eigenvalue weighted by Crippen LogP contribution is 2.20. The average molecular weight is 359 g/mol. The van der Waals surface area contributed by atoms with Gasteiger partial charge in [0.15, 0.2) is 5.96 Å². The van der Waals surface area contributed by atoms with Gasteiger partial charge >= 0.3 is 0 Å². The number of benzene rings is 1. The lowest BCUT2D eigenvalue weighted by Gasteiger charge is -2.33. The molecule has 5 heteroatoms. The van der Waals surface area contributed by atoms with Crippen LogP contribution < -0.4 is 10.6 Å². The van der Waals surface area contributed by atoms with E-state index in [-0.39, 0.29) is 0 Å². The summed E-state index contributed by atoms with van der Waals surface area (Å²) in [7, 11) is 1.83. The molecule has 5 nitrogen and oxygen atoms in total. The predicted octanol–water partition coefficient (Wildman–Crippen LogP) is 2.91. The summed E-state index contributed by atoms with van der Waals surface area (Å²) in [6.07, 6.45) is 6.64. The number of hydrogen-bond donors (Lipinski definition) is 2. The molecule has 2 fully saturated rings. The first-order valence-corrected chi connectivity index (χ1v) is 10.1. The molecule has 0 amide bonds. The molecule has 0 saturated carbocycles. The van der Waals surface area contributed by atoms with Gasteiger partial charge in [0.05, 0.1) is 6.10 Å². The van der Waals surface area contributed by atoms with Gasteiger partial charge in [0.1, 0.15) is 0 Å². The summed E-state index contributed by atoms with van der Waals surface area (Å²) in [6.45, 7) is 7.13. The van der Waals surface area contributed by atoms with Crippen LogP contribution in [0.5, 0.6) is 0 Å². The van der Waals surface area contributed by atoms with Crippen LogP contribution >= 0.6 is 0 Å². The molecule has 2 N–H and O–H groups in total. The normalized spacial score (nSPS) is 24.6. The van der Waals surface area contributed by atoms with E-state index in [2.05, 4.69) is 51.7 Å². The molecule has 0 spiro atoms. The standard InChI is InChI=1S/C21H34N4O/c1-17-8-5-6-12-25(17)16-19-10-4-3-9-18(19)14-23-21(22-2)24-15-20-11-7-13-26-20/h3-4,9-10,17,20H,5-8,11-16H2,1-2H3,(H2,22,23,24). The Labute approximate surface area is 158 Å². The fourth-order valence-corrected chi connectivity index (χ4v) is 3.91. The predicted molar refractivity (Wildman–Crippen MR) is 107 cm³/mol. The highest BCUT2D eigenvalue weighted by molar-refractivity contribution is 5.79. The SMILES string of the molecule is CN=C(NCc1ccccc1CN1CCCCC1C)NCC1CCCO1. The van der Waals surface area contributed by atoms with Gasteiger partial charge in [-0.05, 0) is 50.3 Å². The highest BCUT2D eigenvalue weighted by atomic mass is 16.5. The van der Waals surface area contributed by atoms with Gasteiger partial charge in [-0.1, -0.05) is 30.7 Å². The molecule has 1 aromatic rings. The van der Waals surface area contributed by atoms with Crippen LogP contribution in [0.2, 0.25) is 0 Å². The molecule has 0 radical (unpaired) electrons. The van der Waals surface area contributed by atoms with Crippen molar-refractivity contribution in [3.63, 3.8) is 0 Å². The molecule has 0 aromatic heterocycles. The number of guanidine groups is 1. The summed E-state index contributed by atoms with van der Waals surface area (Å²) < 4.78 is 5.67. The van der Waals surface area contributed by atoms with E-state index >= 15 is 0 Å². The van der Waals surface area contributed by atoms with Crippen molar-refractivity contribution < 1.29 is 4.74 Å². The third-order valence-electron chi connectivity index (χ3n) is 5.62. The van der Waals surface area contributed by atoms with E-state index in [0.29, 0.717) is 12.1 Å². The summed E-state index contributed by atoms with van der Waals surface area (Å²) in [5.74, 6) is 0.849. The maximum Gasteiger partial charge on any atom is 0.191 e. The summed E-state index contributed by atoms with van der Waals surface area (Å²) in [4.78, 5) is 6.97. The molecule has 144 valence electrons. The van der Waals surface area contributed by atoms with Crippen molar-refractivity contribution in [2.45, 2.75) is 64.3 Å². The van der Waals surface area contributed by atoms with Crippen molar-refractivity contribution in [3.05, 3.63) is 35.4 Å². The Kier molecular flexibility index (Phi) is 7.32. The van der Waals surface area contributed by atoms with Crippen molar-refractivity contribution >= 4 is 5.96 Å². The Bertz CT molecular complexity index is 583. The first-order valence-electron chi connectivity index (χ1n) is 10.1. The molecular weight excluding hydrogens is 324 g/mol. The second-order valence-corrected chi connectivity index (χ2v) is 7.53. The Morgan fingerprint density at radius 2 is 2.00 bits per heavy atom. The molecule has 1 aromatic carbocycles. The quantitative estimate of drug-likeness (QED) is 0.606. The van der Waals surface area contributed by atoms with Gasteiger partial charge in [0, 0.05) is 39.3 Å². The van der Waals surface area contributed by atoms with Crippen LogP contribution in [0.3, 0.4) is 0 Å². The van der Waals surface area contributed by atoms with E-state index in [9.17, 15) is 0 Å². The number of nitrogens with one attached hydrogen (secondary N) is 2.